The van der Waals surface area contributed by atoms with Crippen LogP contribution in [0.4, 0.5) is 0 Å². The molecule has 0 bridgehead atoms. The minimum atomic E-state index is -1.22. The first-order chi connectivity index (χ1) is 11.4. The van der Waals surface area contributed by atoms with Gasteiger partial charge in [0.05, 0.1) is 23.3 Å². The number of hydrogen-bond donors (Lipinski definition) is 4. The Bertz CT molecular complexity index is 914. The van der Waals surface area contributed by atoms with Crippen LogP contribution in [-0.4, -0.2) is 38.1 Å². The number of ketones is 2. The zero-order chi connectivity index (χ0) is 17.2. The second-order valence-electron chi connectivity index (χ2n) is 6.15. The number of hydrogen-bond acceptors (Lipinski definition) is 6. The molecule has 24 heavy (non-hydrogen) atoms. The largest absolute Gasteiger partial charge is 0.507 e. The summed E-state index contributed by atoms with van der Waals surface area (Å²) >= 11 is 0. The lowest BCUT2D eigenvalue weighted by Crippen LogP contribution is -2.27. The van der Waals surface area contributed by atoms with Crippen molar-refractivity contribution in [2.24, 2.45) is 0 Å². The molecule has 4 N–H and O–H groups in total. The molecule has 2 aromatic carbocycles. The summed E-state index contributed by atoms with van der Waals surface area (Å²) in [7, 11) is 0. The first-order valence-corrected chi connectivity index (χ1v) is 7.57. The van der Waals surface area contributed by atoms with Crippen molar-refractivity contribution >= 4 is 11.6 Å². The van der Waals surface area contributed by atoms with E-state index in [1.54, 1.807) is 12.1 Å². The number of fused-ring (bicyclic) bond motifs is 3. The van der Waals surface area contributed by atoms with Gasteiger partial charge in [0, 0.05) is 35.1 Å². The fraction of sp³-hybridized carbons (Fsp3) is 0.222. The Labute approximate surface area is 136 Å². The van der Waals surface area contributed by atoms with E-state index in [4.69, 9.17) is 0 Å². The van der Waals surface area contributed by atoms with Crippen LogP contribution in [0.3, 0.4) is 0 Å². The molecule has 6 heteroatoms. The molecule has 6 nitrogen and oxygen atoms in total. The molecule has 2 aliphatic rings. The van der Waals surface area contributed by atoms with Crippen molar-refractivity contribution in [2.45, 2.75) is 25.0 Å². The predicted molar refractivity (Wildman–Crippen MR) is 82.4 cm³/mol. The molecule has 0 radical (unpaired) electrons. The fourth-order valence-corrected chi connectivity index (χ4v) is 3.64. The lowest BCUT2D eigenvalue weighted by molar-refractivity contribution is 0.0653. The van der Waals surface area contributed by atoms with Gasteiger partial charge in [0.15, 0.2) is 11.6 Å². The Kier molecular flexibility index (Phi) is 3.03. The SMILES string of the molecule is O=C1c2ccccc2C(=O)c2c(O)c3c(c(O)c21)C[C@@H](O)C[C@H]3O. The van der Waals surface area contributed by atoms with Gasteiger partial charge in [0.1, 0.15) is 11.5 Å². The molecular weight excluding hydrogens is 312 g/mol. The molecule has 0 fully saturated rings. The normalized spacial score (nSPS) is 21.9. The van der Waals surface area contributed by atoms with Gasteiger partial charge in [-0.1, -0.05) is 24.3 Å². The van der Waals surface area contributed by atoms with Crippen molar-refractivity contribution in [3.63, 3.8) is 0 Å². The number of aromatic hydroxyl groups is 2. The van der Waals surface area contributed by atoms with Gasteiger partial charge in [-0.2, -0.15) is 0 Å². The number of phenols is 2. The number of carbonyl (C=O) groups is 2. The number of aliphatic hydroxyl groups is 2. The van der Waals surface area contributed by atoms with Crippen LogP contribution in [0, 0.1) is 0 Å². The van der Waals surface area contributed by atoms with Crippen molar-refractivity contribution in [2.75, 3.05) is 0 Å². The van der Waals surface area contributed by atoms with E-state index < -0.39 is 35.3 Å². The average molecular weight is 326 g/mol. The summed E-state index contributed by atoms with van der Waals surface area (Å²) in [5, 5.41) is 41.1. The quantitative estimate of drug-likeness (QED) is 0.462. The monoisotopic (exact) mass is 326 g/mol. The highest BCUT2D eigenvalue weighted by Gasteiger charge is 2.40. The van der Waals surface area contributed by atoms with E-state index in [2.05, 4.69) is 0 Å². The van der Waals surface area contributed by atoms with Crippen LogP contribution in [0.1, 0.15) is 55.5 Å². The molecule has 0 unspecified atom stereocenters. The molecule has 2 aliphatic carbocycles. The summed E-state index contributed by atoms with van der Waals surface area (Å²) in [6.45, 7) is 0. The minimum absolute atomic E-state index is 0.0112. The third-order valence-corrected chi connectivity index (χ3v) is 4.73. The first-order valence-electron chi connectivity index (χ1n) is 7.57. The van der Waals surface area contributed by atoms with Crippen molar-refractivity contribution in [1.82, 2.24) is 0 Å². The summed E-state index contributed by atoms with van der Waals surface area (Å²) in [6, 6.07) is 6.18. The molecule has 122 valence electrons. The number of phenolic OH excluding ortho intramolecular Hbond substituents is 2. The van der Waals surface area contributed by atoms with E-state index in [1.807, 2.05) is 0 Å². The van der Waals surface area contributed by atoms with Crippen LogP contribution < -0.4 is 0 Å². The molecule has 0 amide bonds. The molecule has 4 rings (SSSR count). The molecule has 0 aromatic heterocycles. The number of rotatable bonds is 0. The summed E-state index contributed by atoms with van der Waals surface area (Å²) in [6.07, 6.45) is -2.16. The maximum Gasteiger partial charge on any atom is 0.198 e. The van der Waals surface area contributed by atoms with E-state index in [1.165, 1.54) is 12.1 Å². The van der Waals surface area contributed by atoms with Gasteiger partial charge in [-0.05, 0) is 0 Å². The van der Waals surface area contributed by atoms with Gasteiger partial charge < -0.3 is 20.4 Å². The van der Waals surface area contributed by atoms with Crippen LogP contribution in [-0.2, 0) is 6.42 Å². The third-order valence-electron chi connectivity index (χ3n) is 4.73. The van der Waals surface area contributed by atoms with E-state index >= 15 is 0 Å². The minimum Gasteiger partial charge on any atom is -0.507 e. The molecule has 0 spiro atoms. The highest BCUT2D eigenvalue weighted by Crippen LogP contribution is 2.48. The third kappa shape index (κ3) is 1.78. The standard InChI is InChI=1S/C18H14O6/c19-7-5-10-12(11(20)6-7)18(24)14-13(17(10)23)15(21)8-3-1-2-4-9(8)16(14)22/h1-4,7,11,19-20,23-24H,5-6H2/t7-,11-/m1/s1. The molecule has 2 aromatic rings. The number of benzene rings is 2. The van der Waals surface area contributed by atoms with Gasteiger partial charge >= 0.3 is 0 Å². The Balaban J connectivity index is 2.07. The van der Waals surface area contributed by atoms with E-state index in [0.717, 1.165) is 0 Å². The Morgan fingerprint density at radius 2 is 1.42 bits per heavy atom. The molecule has 0 aliphatic heterocycles. The lowest BCUT2D eigenvalue weighted by atomic mass is 9.76. The predicted octanol–water partition coefficient (Wildman–Crippen LogP) is 1.21. The van der Waals surface area contributed by atoms with E-state index in [0.29, 0.717) is 0 Å². The van der Waals surface area contributed by atoms with Crippen LogP contribution >= 0.6 is 0 Å². The summed E-state index contributed by atoms with van der Waals surface area (Å²) in [5.74, 6) is -2.09. The zero-order valence-corrected chi connectivity index (χ0v) is 12.5. The first kappa shape index (κ1) is 14.9. The highest BCUT2D eigenvalue weighted by atomic mass is 16.3. The Morgan fingerprint density at radius 1 is 0.875 bits per heavy atom. The van der Waals surface area contributed by atoms with Crippen molar-refractivity contribution < 1.29 is 30.0 Å². The smallest absolute Gasteiger partial charge is 0.198 e. The van der Waals surface area contributed by atoms with Gasteiger partial charge in [0.2, 0.25) is 0 Å². The van der Waals surface area contributed by atoms with E-state index in [-0.39, 0.29) is 46.2 Å². The molecule has 0 saturated heterocycles. The van der Waals surface area contributed by atoms with Gasteiger partial charge in [-0.3, -0.25) is 9.59 Å². The molecule has 0 saturated carbocycles. The van der Waals surface area contributed by atoms with Gasteiger partial charge in [0.25, 0.3) is 0 Å². The molecular formula is C18H14O6. The van der Waals surface area contributed by atoms with Crippen LogP contribution in [0.5, 0.6) is 11.5 Å². The van der Waals surface area contributed by atoms with Crippen molar-refractivity contribution in [1.29, 1.82) is 0 Å². The highest BCUT2D eigenvalue weighted by molar-refractivity contribution is 6.30. The maximum atomic E-state index is 12.7. The Hall–Kier alpha value is -2.70. The van der Waals surface area contributed by atoms with E-state index in [9.17, 15) is 30.0 Å². The fourth-order valence-electron chi connectivity index (χ4n) is 3.64. The molecule has 0 heterocycles. The van der Waals surface area contributed by atoms with Crippen molar-refractivity contribution in [3.8, 4) is 11.5 Å². The number of carbonyl (C=O) groups excluding carboxylic acids is 2. The van der Waals surface area contributed by atoms with Crippen LogP contribution in [0.2, 0.25) is 0 Å². The van der Waals surface area contributed by atoms with Gasteiger partial charge in [-0.25, -0.2) is 0 Å². The second-order valence-corrected chi connectivity index (χ2v) is 6.15. The lowest BCUT2D eigenvalue weighted by Gasteiger charge is -2.30. The Morgan fingerprint density at radius 3 is 2.00 bits per heavy atom. The summed E-state index contributed by atoms with van der Waals surface area (Å²) in [4.78, 5) is 25.5. The topological polar surface area (TPSA) is 115 Å². The molecule has 2 atom stereocenters. The van der Waals surface area contributed by atoms with Gasteiger partial charge in [-0.15, -0.1) is 0 Å². The average Bonchev–Trinajstić information content (AvgIpc) is 2.55. The summed E-state index contributed by atoms with van der Waals surface area (Å²) in [5.41, 5.74) is -0.131. The van der Waals surface area contributed by atoms with Crippen molar-refractivity contribution in [3.05, 3.63) is 57.6 Å². The van der Waals surface area contributed by atoms with Crippen LogP contribution in [0.25, 0.3) is 0 Å². The second kappa shape index (κ2) is 4.90. The summed E-state index contributed by atoms with van der Waals surface area (Å²) < 4.78 is 0. The number of aliphatic hydroxyl groups excluding tert-OH is 2. The van der Waals surface area contributed by atoms with Crippen LogP contribution in [0.15, 0.2) is 24.3 Å². The zero-order valence-electron chi connectivity index (χ0n) is 12.5. The maximum absolute atomic E-state index is 12.7.